The summed E-state index contributed by atoms with van der Waals surface area (Å²) in [7, 11) is 0. The summed E-state index contributed by atoms with van der Waals surface area (Å²) in [6, 6.07) is 4.17. The molecular weight excluding hydrogens is 362 g/mol. The van der Waals surface area contributed by atoms with Gasteiger partial charge >= 0.3 is 0 Å². The van der Waals surface area contributed by atoms with Crippen LogP contribution in [-0.2, 0) is 0 Å². The van der Waals surface area contributed by atoms with Crippen molar-refractivity contribution in [1.29, 1.82) is 0 Å². The normalized spacial score (nSPS) is 11.6. The van der Waals surface area contributed by atoms with Crippen molar-refractivity contribution < 1.29 is 0 Å². The minimum Gasteiger partial charge on any atom is -0.362 e. The van der Waals surface area contributed by atoms with E-state index >= 15 is 0 Å². The first-order valence-electron chi connectivity index (χ1n) is 13.7. The third kappa shape index (κ3) is 19.0. The van der Waals surface area contributed by atoms with Gasteiger partial charge in [-0.05, 0) is 31.1 Å². The second-order valence-corrected chi connectivity index (χ2v) is 9.39. The molecule has 0 fully saturated rings. The zero-order valence-corrected chi connectivity index (χ0v) is 20.4. The van der Waals surface area contributed by atoms with Crippen LogP contribution < -0.4 is 0 Å². The Bertz CT molecular complexity index is 445. The molecule has 1 heterocycles. The molecule has 1 rings (SSSR count). The van der Waals surface area contributed by atoms with E-state index in [-0.39, 0.29) is 0 Å². The van der Waals surface area contributed by atoms with Gasteiger partial charge in [-0.3, -0.25) is 0 Å². The molecule has 0 atom stereocenters. The number of H-pyrrole nitrogens is 1. The van der Waals surface area contributed by atoms with E-state index in [1.165, 1.54) is 147 Å². The van der Waals surface area contributed by atoms with Crippen molar-refractivity contribution in [3.05, 3.63) is 30.1 Å². The Morgan fingerprint density at radius 1 is 0.567 bits per heavy atom. The van der Waals surface area contributed by atoms with Gasteiger partial charge in [0.15, 0.2) is 0 Å². The number of aromatic amines is 1. The maximum Gasteiger partial charge on any atom is 0.0377 e. The number of nitrogens with one attached hydrogen (secondary N) is 1. The molecule has 1 aromatic heterocycles. The molecule has 0 aliphatic heterocycles. The zero-order chi connectivity index (χ0) is 21.4. The molecule has 1 heteroatoms. The van der Waals surface area contributed by atoms with Crippen LogP contribution >= 0.6 is 0 Å². The smallest absolute Gasteiger partial charge is 0.0377 e. The Hall–Kier alpha value is -0.980. The maximum atomic E-state index is 3.22. The van der Waals surface area contributed by atoms with Gasteiger partial charge in [-0.25, -0.2) is 0 Å². The maximum absolute atomic E-state index is 3.22. The number of aromatic nitrogens is 1. The number of rotatable bonds is 23. The summed E-state index contributed by atoms with van der Waals surface area (Å²) in [4.78, 5) is 3.22. The lowest BCUT2D eigenvalue weighted by Gasteiger charge is -2.04. The summed E-state index contributed by atoms with van der Waals surface area (Å²) >= 11 is 0. The molecule has 30 heavy (non-hydrogen) atoms. The fourth-order valence-corrected chi connectivity index (χ4v) is 4.35. The van der Waals surface area contributed by atoms with Crippen molar-refractivity contribution in [3.63, 3.8) is 0 Å². The van der Waals surface area contributed by atoms with Crippen LogP contribution in [0.4, 0.5) is 0 Å². The zero-order valence-electron chi connectivity index (χ0n) is 20.4. The highest BCUT2D eigenvalue weighted by Crippen LogP contribution is 2.15. The summed E-state index contributed by atoms with van der Waals surface area (Å²) < 4.78 is 0. The third-order valence-corrected chi connectivity index (χ3v) is 6.39. The molecule has 0 amide bonds. The van der Waals surface area contributed by atoms with Crippen LogP contribution in [0, 0.1) is 0 Å². The number of hydrogen-bond donors (Lipinski definition) is 1. The van der Waals surface area contributed by atoms with Crippen LogP contribution in [0.25, 0.3) is 6.08 Å². The highest BCUT2D eigenvalue weighted by Gasteiger charge is 1.95. The summed E-state index contributed by atoms with van der Waals surface area (Å²) in [5.41, 5.74) is 1.22. The van der Waals surface area contributed by atoms with Crippen LogP contribution in [0.5, 0.6) is 0 Å². The molecule has 0 radical (unpaired) electrons. The van der Waals surface area contributed by atoms with E-state index in [4.69, 9.17) is 0 Å². The Balaban J connectivity index is 1.65. The predicted molar refractivity (Wildman–Crippen MR) is 137 cm³/mol. The first kappa shape index (κ1) is 27.1. The Morgan fingerprint density at radius 2 is 0.967 bits per heavy atom. The topological polar surface area (TPSA) is 15.8 Å². The van der Waals surface area contributed by atoms with E-state index in [1.807, 2.05) is 6.20 Å². The van der Waals surface area contributed by atoms with Gasteiger partial charge < -0.3 is 4.98 Å². The minimum atomic E-state index is 1.22. The van der Waals surface area contributed by atoms with Crippen LogP contribution in [-0.4, -0.2) is 4.98 Å². The van der Waals surface area contributed by atoms with Gasteiger partial charge in [-0.15, -0.1) is 0 Å². The molecule has 0 saturated carbocycles. The molecule has 0 bridgehead atoms. The van der Waals surface area contributed by atoms with Gasteiger partial charge in [0.05, 0.1) is 0 Å². The standard InChI is InChI=1S/C29H53N/c1-2-3-4-5-6-7-8-9-10-11-12-13-14-15-16-17-18-19-20-21-22-23-24-26-29-27-25-28-30-29/h24-28,30H,2-23H2,1H3. The van der Waals surface area contributed by atoms with Crippen LogP contribution in [0.1, 0.15) is 154 Å². The number of unbranched alkanes of at least 4 members (excludes halogenated alkanes) is 21. The lowest BCUT2D eigenvalue weighted by molar-refractivity contribution is 0.520. The first-order chi connectivity index (χ1) is 14.9. The Labute approximate surface area is 189 Å². The molecule has 0 unspecified atom stereocenters. The molecule has 0 aliphatic rings. The van der Waals surface area contributed by atoms with Gasteiger partial charge in [-0.2, -0.15) is 0 Å². The molecule has 1 N–H and O–H groups in total. The molecule has 0 aromatic carbocycles. The SMILES string of the molecule is CCCCCCCCCCCCCCCCCCCCCCCC=Cc1ccc[nH]1. The Morgan fingerprint density at radius 3 is 1.33 bits per heavy atom. The number of hydrogen-bond acceptors (Lipinski definition) is 0. The summed E-state index contributed by atoms with van der Waals surface area (Å²) in [6.07, 6.45) is 38.3. The van der Waals surface area contributed by atoms with Crippen LogP contribution in [0.15, 0.2) is 24.4 Å². The van der Waals surface area contributed by atoms with Crippen molar-refractivity contribution in [3.8, 4) is 0 Å². The second-order valence-electron chi connectivity index (χ2n) is 9.39. The van der Waals surface area contributed by atoms with Crippen LogP contribution in [0.3, 0.4) is 0 Å². The lowest BCUT2D eigenvalue weighted by atomic mass is 10.0. The highest BCUT2D eigenvalue weighted by molar-refractivity contribution is 5.43. The van der Waals surface area contributed by atoms with Crippen molar-refractivity contribution in [2.45, 2.75) is 148 Å². The molecule has 0 saturated heterocycles. The average Bonchev–Trinajstić information content (AvgIpc) is 3.28. The van der Waals surface area contributed by atoms with Gasteiger partial charge in [0, 0.05) is 11.9 Å². The minimum absolute atomic E-state index is 1.22. The van der Waals surface area contributed by atoms with E-state index < -0.39 is 0 Å². The molecule has 0 spiro atoms. The van der Waals surface area contributed by atoms with Crippen molar-refractivity contribution in [1.82, 2.24) is 4.98 Å². The molecule has 0 aliphatic carbocycles. The fraction of sp³-hybridized carbons (Fsp3) is 0.793. The van der Waals surface area contributed by atoms with E-state index in [2.05, 4.69) is 36.2 Å². The number of allylic oxidation sites excluding steroid dienone is 1. The summed E-state index contributed by atoms with van der Waals surface area (Å²) in [5.74, 6) is 0. The average molecular weight is 416 g/mol. The van der Waals surface area contributed by atoms with Crippen molar-refractivity contribution in [2.24, 2.45) is 0 Å². The molecule has 1 aromatic rings. The lowest BCUT2D eigenvalue weighted by Crippen LogP contribution is -1.84. The molecular formula is C29H53N. The quantitative estimate of drug-likeness (QED) is 0.171. The summed E-state index contributed by atoms with van der Waals surface area (Å²) in [5, 5.41) is 0. The van der Waals surface area contributed by atoms with Gasteiger partial charge in [-0.1, -0.05) is 141 Å². The third-order valence-electron chi connectivity index (χ3n) is 6.39. The Kier molecular flexibility index (Phi) is 20.5. The fourth-order valence-electron chi connectivity index (χ4n) is 4.35. The first-order valence-corrected chi connectivity index (χ1v) is 13.7. The van der Waals surface area contributed by atoms with E-state index in [0.29, 0.717) is 0 Å². The predicted octanol–water partition coefficient (Wildman–Crippen LogP) is 10.6. The van der Waals surface area contributed by atoms with Crippen molar-refractivity contribution >= 4 is 6.08 Å². The highest BCUT2D eigenvalue weighted by atomic mass is 14.7. The monoisotopic (exact) mass is 415 g/mol. The van der Waals surface area contributed by atoms with Gasteiger partial charge in [0.25, 0.3) is 0 Å². The second kappa shape index (κ2) is 22.7. The van der Waals surface area contributed by atoms with Crippen molar-refractivity contribution in [2.75, 3.05) is 0 Å². The van der Waals surface area contributed by atoms with Crippen LogP contribution in [0.2, 0.25) is 0 Å². The largest absolute Gasteiger partial charge is 0.362 e. The van der Waals surface area contributed by atoms with E-state index in [1.54, 1.807) is 0 Å². The molecule has 1 nitrogen and oxygen atoms in total. The molecule has 174 valence electrons. The van der Waals surface area contributed by atoms with E-state index in [0.717, 1.165) is 0 Å². The van der Waals surface area contributed by atoms with Gasteiger partial charge in [0.2, 0.25) is 0 Å². The van der Waals surface area contributed by atoms with E-state index in [9.17, 15) is 0 Å². The van der Waals surface area contributed by atoms with Gasteiger partial charge in [0.1, 0.15) is 0 Å². The summed E-state index contributed by atoms with van der Waals surface area (Å²) in [6.45, 7) is 2.30.